The van der Waals surface area contributed by atoms with Crippen molar-refractivity contribution >= 4 is 27.5 Å². The van der Waals surface area contributed by atoms with E-state index in [9.17, 15) is 18.0 Å². The van der Waals surface area contributed by atoms with Crippen LogP contribution in [0.2, 0.25) is 0 Å². The Labute approximate surface area is 253 Å². The number of carbonyl (C=O) groups excluding carboxylic acids is 2. The van der Waals surface area contributed by atoms with Gasteiger partial charge in [-0.05, 0) is 73.9 Å². The molecule has 4 rings (SSSR count). The Bertz CT molecular complexity index is 1490. The molecular formula is C32H39N3O7S. The molecule has 10 nitrogen and oxygen atoms in total. The fraction of sp³-hybridized carbons (Fsp3) is 0.375. The van der Waals surface area contributed by atoms with Gasteiger partial charge in [0.2, 0.25) is 11.8 Å². The van der Waals surface area contributed by atoms with Crippen LogP contribution >= 0.6 is 0 Å². The lowest BCUT2D eigenvalue weighted by atomic mass is 10.1. The first-order chi connectivity index (χ1) is 20.7. The largest absolute Gasteiger partial charge is 0.497 e. The Morgan fingerprint density at radius 2 is 1.44 bits per heavy atom. The minimum absolute atomic E-state index is 0.0271. The van der Waals surface area contributed by atoms with E-state index in [2.05, 4.69) is 5.32 Å². The van der Waals surface area contributed by atoms with E-state index in [4.69, 9.17) is 14.2 Å². The van der Waals surface area contributed by atoms with Crippen molar-refractivity contribution in [3.63, 3.8) is 0 Å². The van der Waals surface area contributed by atoms with Crippen LogP contribution in [0.4, 0.5) is 5.69 Å². The summed E-state index contributed by atoms with van der Waals surface area (Å²) >= 11 is 0. The van der Waals surface area contributed by atoms with Crippen LogP contribution in [-0.4, -0.2) is 65.1 Å². The molecule has 1 atom stereocenters. The van der Waals surface area contributed by atoms with Gasteiger partial charge in [0.25, 0.3) is 10.0 Å². The summed E-state index contributed by atoms with van der Waals surface area (Å²) in [5, 5.41) is 3.07. The number of hydrogen-bond acceptors (Lipinski definition) is 7. The fourth-order valence-electron chi connectivity index (χ4n) is 5.13. The topological polar surface area (TPSA) is 114 Å². The van der Waals surface area contributed by atoms with Gasteiger partial charge in [0.1, 0.15) is 29.8 Å². The lowest BCUT2D eigenvalue weighted by Crippen LogP contribution is -2.52. The molecule has 0 unspecified atom stereocenters. The number of hydrogen-bond donors (Lipinski definition) is 1. The smallest absolute Gasteiger partial charge is 0.264 e. The molecule has 2 amide bonds. The number of nitrogens with zero attached hydrogens (tertiary/aromatic N) is 2. The predicted octanol–water partition coefficient (Wildman–Crippen LogP) is 4.38. The molecule has 1 fully saturated rings. The number of benzene rings is 3. The van der Waals surface area contributed by atoms with Gasteiger partial charge in [-0.15, -0.1) is 0 Å². The number of rotatable bonds is 13. The Morgan fingerprint density at radius 3 is 2.02 bits per heavy atom. The molecule has 1 aliphatic carbocycles. The van der Waals surface area contributed by atoms with Crippen LogP contribution < -0.4 is 23.8 Å². The minimum Gasteiger partial charge on any atom is -0.497 e. The first-order valence-corrected chi connectivity index (χ1v) is 15.6. The van der Waals surface area contributed by atoms with Gasteiger partial charge in [-0.25, -0.2) is 8.42 Å². The molecule has 0 spiro atoms. The van der Waals surface area contributed by atoms with Crippen molar-refractivity contribution in [1.29, 1.82) is 0 Å². The van der Waals surface area contributed by atoms with E-state index in [1.807, 2.05) is 12.1 Å². The molecule has 230 valence electrons. The number of nitrogens with one attached hydrogen (secondary N) is 1. The number of sulfonamides is 1. The Morgan fingerprint density at radius 1 is 0.860 bits per heavy atom. The molecule has 3 aromatic carbocycles. The number of ether oxygens (including phenoxy) is 3. The summed E-state index contributed by atoms with van der Waals surface area (Å²) < 4.78 is 45.1. The number of carbonyl (C=O) groups is 2. The van der Waals surface area contributed by atoms with Crippen LogP contribution in [0.5, 0.6) is 17.2 Å². The second-order valence-electron chi connectivity index (χ2n) is 10.4. The zero-order valence-corrected chi connectivity index (χ0v) is 25.8. The quantitative estimate of drug-likeness (QED) is 0.306. The number of methoxy groups -OCH3 is 3. The summed E-state index contributed by atoms with van der Waals surface area (Å²) in [6, 6.07) is 18.9. The lowest BCUT2D eigenvalue weighted by molar-refractivity contribution is -0.139. The van der Waals surface area contributed by atoms with Crippen molar-refractivity contribution in [3.05, 3.63) is 78.4 Å². The van der Waals surface area contributed by atoms with Crippen molar-refractivity contribution in [2.75, 3.05) is 32.2 Å². The molecule has 1 saturated carbocycles. The van der Waals surface area contributed by atoms with Crippen LogP contribution in [0.15, 0.2) is 77.7 Å². The molecule has 0 heterocycles. The second kappa shape index (κ2) is 14.3. The number of para-hydroxylation sites is 2. The molecule has 1 N–H and O–H groups in total. The van der Waals surface area contributed by atoms with Crippen molar-refractivity contribution < 1.29 is 32.2 Å². The molecule has 0 aromatic heterocycles. The minimum atomic E-state index is -4.25. The highest BCUT2D eigenvalue weighted by Crippen LogP contribution is 2.33. The maximum atomic E-state index is 14.2. The predicted molar refractivity (Wildman–Crippen MR) is 164 cm³/mol. The van der Waals surface area contributed by atoms with Crippen LogP contribution in [0, 0.1) is 0 Å². The highest BCUT2D eigenvalue weighted by atomic mass is 32.2. The first-order valence-electron chi connectivity index (χ1n) is 14.2. The molecule has 1 aliphatic rings. The summed E-state index contributed by atoms with van der Waals surface area (Å²) in [5.41, 5.74) is 0.957. The van der Waals surface area contributed by atoms with E-state index >= 15 is 0 Å². The fourth-order valence-corrected chi connectivity index (χ4v) is 6.55. The maximum Gasteiger partial charge on any atom is 0.264 e. The van der Waals surface area contributed by atoms with Crippen LogP contribution in [-0.2, 0) is 26.2 Å². The molecule has 0 radical (unpaired) electrons. The molecule has 3 aromatic rings. The molecular weight excluding hydrogens is 570 g/mol. The van der Waals surface area contributed by atoms with Gasteiger partial charge in [0.15, 0.2) is 0 Å². The zero-order chi connectivity index (χ0) is 31.0. The van der Waals surface area contributed by atoms with Gasteiger partial charge in [-0.2, -0.15) is 0 Å². The van der Waals surface area contributed by atoms with Gasteiger partial charge in [-0.3, -0.25) is 13.9 Å². The van der Waals surface area contributed by atoms with Crippen molar-refractivity contribution in [3.8, 4) is 17.2 Å². The van der Waals surface area contributed by atoms with E-state index in [1.54, 1.807) is 62.6 Å². The monoisotopic (exact) mass is 609 g/mol. The van der Waals surface area contributed by atoms with Crippen molar-refractivity contribution in [1.82, 2.24) is 10.2 Å². The van der Waals surface area contributed by atoms with Crippen LogP contribution in [0.25, 0.3) is 0 Å². The van der Waals surface area contributed by atoms with E-state index < -0.39 is 28.5 Å². The number of amides is 2. The van der Waals surface area contributed by atoms with Crippen LogP contribution in [0.3, 0.4) is 0 Å². The van der Waals surface area contributed by atoms with Gasteiger partial charge < -0.3 is 24.4 Å². The van der Waals surface area contributed by atoms with Gasteiger partial charge in [0, 0.05) is 12.6 Å². The molecule has 11 heteroatoms. The summed E-state index contributed by atoms with van der Waals surface area (Å²) in [4.78, 5) is 28.9. The zero-order valence-electron chi connectivity index (χ0n) is 25.0. The van der Waals surface area contributed by atoms with Crippen molar-refractivity contribution in [2.24, 2.45) is 0 Å². The average Bonchev–Trinajstić information content (AvgIpc) is 3.55. The van der Waals surface area contributed by atoms with Gasteiger partial charge >= 0.3 is 0 Å². The highest BCUT2D eigenvalue weighted by molar-refractivity contribution is 7.92. The third-order valence-electron chi connectivity index (χ3n) is 7.66. The average molecular weight is 610 g/mol. The van der Waals surface area contributed by atoms with E-state index in [0.29, 0.717) is 11.5 Å². The Hall–Kier alpha value is -4.25. The lowest BCUT2D eigenvalue weighted by Gasteiger charge is -2.33. The molecule has 0 bridgehead atoms. The highest BCUT2D eigenvalue weighted by Gasteiger charge is 2.34. The summed E-state index contributed by atoms with van der Waals surface area (Å²) in [6.07, 6.45) is 3.88. The van der Waals surface area contributed by atoms with E-state index in [-0.39, 0.29) is 34.8 Å². The van der Waals surface area contributed by atoms with Crippen LogP contribution in [0.1, 0.15) is 38.2 Å². The first kappa shape index (κ1) is 31.7. The Balaban J connectivity index is 1.71. The van der Waals surface area contributed by atoms with E-state index in [0.717, 1.165) is 35.6 Å². The summed E-state index contributed by atoms with van der Waals surface area (Å²) in [5.74, 6) is 0.595. The van der Waals surface area contributed by atoms with Crippen molar-refractivity contribution in [2.45, 2.75) is 56.1 Å². The van der Waals surface area contributed by atoms with Gasteiger partial charge in [0.05, 0.1) is 31.9 Å². The maximum absolute atomic E-state index is 14.2. The summed E-state index contributed by atoms with van der Waals surface area (Å²) in [6.45, 7) is 1.19. The third-order valence-corrected chi connectivity index (χ3v) is 9.43. The number of anilines is 1. The van der Waals surface area contributed by atoms with Gasteiger partial charge in [-0.1, -0.05) is 37.1 Å². The molecule has 43 heavy (non-hydrogen) atoms. The molecule has 0 aliphatic heterocycles. The Kier molecular flexibility index (Phi) is 10.5. The normalized spacial score (nSPS) is 14.0. The third kappa shape index (κ3) is 7.59. The SMILES string of the molecule is COc1ccc(CN(C(=O)CN(c2ccccc2OC)S(=O)(=O)c2ccc(OC)cc2)[C@@H](C)C(=O)NC2CCCC2)cc1. The van der Waals surface area contributed by atoms with E-state index in [1.165, 1.54) is 31.3 Å². The standard InChI is InChI=1S/C32H39N3O7S/c1-23(32(37)33-25-9-5-6-10-25)34(21-24-13-15-26(40-2)16-14-24)31(36)22-35(29-11-7-8-12-30(29)42-4)43(38,39)28-19-17-27(41-3)18-20-28/h7-8,11-20,23,25H,5-6,9-10,21-22H2,1-4H3,(H,33,37)/t23-/m0/s1. The summed E-state index contributed by atoms with van der Waals surface area (Å²) in [7, 11) is 0.237. The second-order valence-corrected chi connectivity index (χ2v) is 12.3. The molecule has 0 saturated heterocycles.